The molecule has 3 rings (SSSR count). The molecule has 1 aromatic heterocycles. The van der Waals surface area contributed by atoms with Crippen molar-refractivity contribution in [1.29, 1.82) is 0 Å². The van der Waals surface area contributed by atoms with Crippen LogP contribution in [0.15, 0.2) is 48.7 Å². The second-order valence-corrected chi connectivity index (χ2v) is 7.62. The van der Waals surface area contributed by atoms with E-state index in [1.807, 2.05) is 24.0 Å². The second kappa shape index (κ2) is 10.2. The first-order valence-electron chi connectivity index (χ1n) is 10.4. The second-order valence-electron chi connectivity index (χ2n) is 7.62. The molecule has 1 saturated heterocycles. The van der Waals surface area contributed by atoms with Crippen molar-refractivity contribution in [1.82, 2.24) is 9.88 Å². The molecule has 0 radical (unpaired) electrons. The van der Waals surface area contributed by atoms with Crippen LogP contribution in [0.4, 0.5) is 5.82 Å². The van der Waals surface area contributed by atoms with Crippen molar-refractivity contribution in [3.05, 3.63) is 59.8 Å². The lowest BCUT2D eigenvalue weighted by atomic mass is 9.90. The summed E-state index contributed by atoms with van der Waals surface area (Å²) in [6.45, 7) is 3.72. The number of piperidine rings is 1. The number of benzene rings is 1. The van der Waals surface area contributed by atoms with Gasteiger partial charge in [0.1, 0.15) is 5.82 Å². The highest BCUT2D eigenvalue weighted by atomic mass is 16.3. The van der Waals surface area contributed by atoms with E-state index in [1.54, 1.807) is 6.20 Å². The van der Waals surface area contributed by atoms with Gasteiger partial charge in [-0.3, -0.25) is 4.79 Å². The molecular weight excluding hydrogens is 350 g/mol. The summed E-state index contributed by atoms with van der Waals surface area (Å²) >= 11 is 0. The van der Waals surface area contributed by atoms with E-state index in [2.05, 4.69) is 40.6 Å². The van der Waals surface area contributed by atoms with Crippen molar-refractivity contribution in [3.63, 3.8) is 0 Å². The monoisotopic (exact) mass is 381 g/mol. The summed E-state index contributed by atoms with van der Waals surface area (Å²) < 4.78 is 0. The van der Waals surface area contributed by atoms with Gasteiger partial charge in [0.2, 0.25) is 0 Å². The van der Waals surface area contributed by atoms with Gasteiger partial charge in [-0.15, -0.1) is 0 Å². The van der Waals surface area contributed by atoms with Crippen LogP contribution in [0.3, 0.4) is 0 Å². The van der Waals surface area contributed by atoms with E-state index >= 15 is 0 Å². The SMILES string of the molecule is CC[C@@H](CO)Nc1ccc(C(=O)N2CCC(CCc3ccccc3)CC2)cn1. The molecule has 1 atom stereocenters. The number of aliphatic hydroxyl groups excluding tert-OH is 1. The lowest BCUT2D eigenvalue weighted by molar-refractivity contribution is 0.0686. The summed E-state index contributed by atoms with van der Waals surface area (Å²) in [7, 11) is 0. The number of hydrogen-bond acceptors (Lipinski definition) is 4. The number of likely N-dealkylation sites (tertiary alicyclic amines) is 1. The fraction of sp³-hybridized carbons (Fsp3) is 0.478. The van der Waals surface area contributed by atoms with Gasteiger partial charge in [-0.2, -0.15) is 0 Å². The first-order valence-corrected chi connectivity index (χ1v) is 10.4. The molecule has 1 amide bonds. The van der Waals surface area contributed by atoms with Gasteiger partial charge in [0.25, 0.3) is 5.91 Å². The standard InChI is InChI=1S/C23H31N3O2/c1-2-21(17-27)25-22-11-10-20(16-24-22)23(28)26-14-12-19(13-15-26)9-8-18-6-4-3-5-7-18/h3-7,10-11,16,19,21,27H,2,8-9,12-15,17H2,1H3,(H,24,25)/t21-/m0/s1. The third-order valence-electron chi connectivity index (χ3n) is 5.66. The fourth-order valence-electron chi connectivity index (χ4n) is 3.71. The van der Waals surface area contributed by atoms with E-state index in [0.717, 1.165) is 38.8 Å². The van der Waals surface area contributed by atoms with E-state index in [4.69, 9.17) is 0 Å². The van der Waals surface area contributed by atoms with Crippen molar-refractivity contribution in [2.24, 2.45) is 5.92 Å². The molecule has 1 aliphatic rings. The van der Waals surface area contributed by atoms with Gasteiger partial charge < -0.3 is 15.3 Å². The number of nitrogens with one attached hydrogen (secondary N) is 1. The van der Waals surface area contributed by atoms with Crippen molar-refractivity contribution in [3.8, 4) is 0 Å². The molecule has 5 heteroatoms. The van der Waals surface area contributed by atoms with Crippen LogP contribution >= 0.6 is 0 Å². The topological polar surface area (TPSA) is 65.5 Å². The van der Waals surface area contributed by atoms with Crippen LogP contribution < -0.4 is 5.32 Å². The smallest absolute Gasteiger partial charge is 0.255 e. The highest BCUT2D eigenvalue weighted by molar-refractivity contribution is 5.94. The fourth-order valence-corrected chi connectivity index (χ4v) is 3.71. The van der Waals surface area contributed by atoms with Gasteiger partial charge in [-0.25, -0.2) is 4.98 Å². The Balaban J connectivity index is 1.46. The van der Waals surface area contributed by atoms with Crippen LogP contribution in [0, 0.1) is 5.92 Å². The number of aliphatic hydroxyl groups is 1. The first-order chi connectivity index (χ1) is 13.7. The van der Waals surface area contributed by atoms with Crippen LogP contribution in [-0.2, 0) is 6.42 Å². The van der Waals surface area contributed by atoms with Gasteiger partial charge in [-0.1, -0.05) is 37.3 Å². The summed E-state index contributed by atoms with van der Waals surface area (Å²) in [5.74, 6) is 1.45. The van der Waals surface area contributed by atoms with Gasteiger partial charge in [0, 0.05) is 19.3 Å². The van der Waals surface area contributed by atoms with Crippen LogP contribution in [0.25, 0.3) is 0 Å². The number of hydrogen-bond donors (Lipinski definition) is 2. The third-order valence-corrected chi connectivity index (χ3v) is 5.66. The minimum Gasteiger partial charge on any atom is -0.394 e. The number of carbonyl (C=O) groups is 1. The molecule has 150 valence electrons. The van der Waals surface area contributed by atoms with Crippen molar-refractivity contribution in [2.75, 3.05) is 25.0 Å². The first kappa shape index (κ1) is 20.3. The minimum atomic E-state index is -0.0102. The van der Waals surface area contributed by atoms with Gasteiger partial charge in [-0.05, 0) is 55.7 Å². The lowest BCUT2D eigenvalue weighted by Gasteiger charge is -2.32. The minimum absolute atomic E-state index is 0.0102. The van der Waals surface area contributed by atoms with Gasteiger partial charge >= 0.3 is 0 Å². The zero-order chi connectivity index (χ0) is 19.8. The maximum Gasteiger partial charge on any atom is 0.255 e. The van der Waals surface area contributed by atoms with Crippen molar-refractivity contribution in [2.45, 2.75) is 45.1 Å². The summed E-state index contributed by atoms with van der Waals surface area (Å²) in [6.07, 6.45) is 6.90. The number of nitrogens with zero attached hydrogens (tertiary/aromatic N) is 2. The van der Waals surface area contributed by atoms with Crippen LogP contribution in [0.2, 0.25) is 0 Å². The van der Waals surface area contributed by atoms with E-state index < -0.39 is 0 Å². The molecule has 0 spiro atoms. The maximum atomic E-state index is 12.8. The Morgan fingerprint density at radius 1 is 1.21 bits per heavy atom. The molecule has 0 saturated carbocycles. The molecule has 1 aromatic carbocycles. The van der Waals surface area contributed by atoms with Gasteiger partial charge in [0.15, 0.2) is 0 Å². The molecular formula is C23H31N3O2. The number of aromatic nitrogens is 1. The van der Waals surface area contributed by atoms with Gasteiger partial charge in [0.05, 0.1) is 18.2 Å². The quantitative estimate of drug-likeness (QED) is 0.731. The molecule has 1 fully saturated rings. The predicted molar refractivity (Wildman–Crippen MR) is 112 cm³/mol. The Morgan fingerprint density at radius 3 is 2.57 bits per heavy atom. The lowest BCUT2D eigenvalue weighted by Crippen LogP contribution is -2.38. The number of amides is 1. The molecule has 0 bridgehead atoms. The molecule has 0 unspecified atom stereocenters. The molecule has 2 N–H and O–H groups in total. The Labute approximate surface area is 167 Å². The van der Waals surface area contributed by atoms with Crippen LogP contribution in [-0.4, -0.2) is 46.6 Å². The molecule has 2 heterocycles. The van der Waals surface area contributed by atoms with E-state index in [9.17, 15) is 9.90 Å². The maximum absolute atomic E-state index is 12.8. The summed E-state index contributed by atoms with van der Waals surface area (Å²) in [5.41, 5.74) is 2.03. The van der Waals surface area contributed by atoms with E-state index in [0.29, 0.717) is 17.3 Å². The summed E-state index contributed by atoms with van der Waals surface area (Å²) in [5, 5.41) is 12.4. The molecule has 5 nitrogen and oxygen atoms in total. The number of carbonyl (C=O) groups excluding carboxylic acids is 1. The number of aryl methyl sites for hydroxylation is 1. The number of anilines is 1. The van der Waals surface area contributed by atoms with Crippen molar-refractivity contribution < 1.29 is 9.90 Å². The highest BCUT2D eigenvalue weighted by Crippen LogP contribution is 2.23. The normalized spacial score (nSPS) is 16.0. The van der Waals surface area contributed by atoms with Crippen LogP contribution in [0.5, 0.6) is 0 Å². The van der Waals surface area contributed by atoms with E-state index in [1.165, 1.54) is 12.0 Å². The zero-order valence-electron chi connectivity index (χ0n) is 16.7. The average Bonchev–Trinajstić information content (AvgIpc) is 2.77. The Morgan fingerprint density at radius 2 is 1.96 bits per heavy atom. The largest absolute Gasteiger partial charge is 0.394 e. The summed E-state index contributed by atoms with van der Waals surface area (Å²) in [4.78, 5) is 19.0. The third kappa shape index (κ3) is 5.55. The Kier molecular flexibility index (Phi) is 7.43. The van der Waals surface area contributed by atoms with Crippen molar-refractivity contribution >= 4 is 11.7 Å². The molecule has 0 aliphatic carbocycles. The number of rotatable bonds is 8. The van der Waals surface area contributed by atoms with E-state index in [-0.39, 0.29) is 18.6 Å². The predicted octanol–water partition coefficient (Wildman–Crippen LogP) is 3.75. The number of pyridine rings is 1. The van der Waals surface area contributed by atoms with Crippen LogP contribution in [0.1, 0.15) is 48.5 Å². The highest BCUT2D eigenvalue weighted by Gasteiger charge is 2.23. The molecule has 2 aromatic rings. The molecule has 28 heavy (non-hydrogen) atoms. The molecule has 1 aliphatic heterocycles. The Bertz CT molecular complexity index is 721. The zero-order valence-corrected chi connectivity index (χ0v) is 16.7. The Hall–Kier alpha value is -2.40. The summed E-state index contributed by atoms with van der Waals surface area (Å²) in [6, 6.07) is 14.3. The average molecular weight is 382 g/mol.